The summed E-state index contributed by atoms with van der Waals surface area (Å²) in [7, 11) is 0. The third-order valence-corrected chi connectivity index (χ3v) is 2.56. The molecule has 1 aromatic heterocycles. The summed E-state index contributed by atoms with van der Waals surface area (Å²) >= 11 is 7.24. The van der Waals surface area contributed by atoms with Crippen LogP contribution in [0.25, 0.3) is 0 Å². The molecular formula is C8H11ClN2OS. The molecule has 0 spiro atoms. The van der Waals surface area contributed by atoms with Crippen molar-refractivity contribution < 1.29 is 5.11 Å². The number of aliphatic hydroxyl groups is 1. The van der Waals surface area contributed by atoms with Crippen LogP contribution in [0.4, 0.5) is 0 Å². The van der Waals surface area contributed by atoms with E-state index in [2.05, 4.69) is 9.97 Å². The van der Waals surface area contributed by atoms with Crippen LogP contribution in [0.15, 0.2) is 11.1 Å². The number of rotatable bonds is 3. The van der Waals surface area contributed by atoms with Gasteiger partial charge in [0.05, 0.1) is 6.61 Å². The highest BCUT2D eigenvalue weighted by molar-refractivity contribution is 7.99. The van der Waals surface area contributed by atoms with Gasteiger partial charge in [0.2, 0.25) is 0 Å². The van der Waals surface area contributed by atoms with Gasteiger partial charge in [0.25, 0.3) is 0 Å². The van der Waals surface area contributed by atoms with Crippen LogP contribution in [0.1, 0.15) is 12.7 Å². The van der Waals surface area contributed by atoms with Gasteiger partial charge in [-0.25, -0.2) is 9.97 Å². The number of halogens is 1. The second-order valence-corrected chi connectivity index (χ2v) is 4.53. The Hall–Kier alpha value is -0.320. The monoisotopic (exact) mass is 218 g/mol. The summed E-state index contributed by atoms with van der Waals surface area (Å²) < 4.78 is 0. The molecule has 0 radical (unpaired) electrons. The van der Waals surface area contributed by atoms with Crippen LogP contribution in [0, 0.1) is 6.92 Å². The summed E-state index contributed by atoms with van der Waals surface area (Å²) in [5.41, 5.74) is 0. The minimum absolute atomic E-state index is 0.130. The van der Waals surface area contributed by atoms with Crippen molar-refractivity contribution in [3.05, 3.63) is 17.0 Å². The Morgan fingerprint density at radius 1 is 1.62 bits per heavy atom. The Morgan fingerprint density at radius 3 is 2.85 bits per heavy atom. The lowest BCUT2D eigenvalue weighted by atomic mass is 10.5. The lowest BCUT2D eigenvalue weighted by molar-refractivity contribution is 0.300. The molecule has 0 amide bonds. The molecule has 0 bridgehead atoms. The molecule has 0 saturated heterocycles. The molecule has 0 unspecified atom stereocenters. The second-order valence-electron chi connectivity index (χ2n) is 2.69. The number of aromatic nitrogens is 2. The molecule has 0 saturated carbocycles. The first-order valence-corrected chi connectivity index (χ1v) is 5.16. The van der Waals surface area contributed by atoms with E-state index in [9.17, 15) is 0 Å². The molecule has 0 fully saturated rings. The van der Waals surface area contributed by atoms with Crippen LogP contribution < -0.4 is 0 Å². The SMILES string of the molecule is Cc1nc(Cl)cc(S[C@@H](C)CO)n1. The van der Waals surface area contributed by atoms with Gasteiger partial charge in [0, 0.05) is 11.3 Å². The van der Waals surface area contributed by atoms with Crippen molar-refractivity contribution in [1.82, 2.24) is 9.97 Å². The first-order chi connectivity index (χ1) is 6.11. The maximum absolute atomic E-state index is 8.84. The average molecular weight is 219 g/mol. The van der Waals surface area contributed by atoms with Gasteiger partial charge in [-0.05, 0) is 6.92 Å². The van der Waals surface area contributed by atoms with Gasteiger partial charge in [0.1, 0.15) is 16.0 Å². The molecule has 0 aliphatic carbocycles. The molecule has 1 rings (SSSR count). The Morgan fingerprint density at radius 2 is 2.31 bits per heavy atom. The zero-order valence-electron chi connectivity index (χ0n) is 7.49. The fraction of sp³-hybridized carbons (Fsp3) is 0.500. The smallest absolute Gasteiger partial charge is 0.133 e. The van der Waals surface area contributed by atoms with E-state index in [1.807, 2.05) is 6.92 Å². The Kier molecular flexibility index (Phi) is 3.96. The quantitative estimate of drug-likeness (QED) is 0.622. The van der Waals surface area contributed by atoms with Gasteiger partial charge < -0.3 is 5.11 Å². The normalized spacial score (nSPS) is 12.9. The zero-order chi connectivity index (χ0) is 9.84. The van der Waals surface area contributed by atoms with Gasteiger partial charge in [-0.1, -0.05) is 18.5 Å². The molecule has 0 aliphatic heterocycles. The summed E-state index contributed by atoms with van der Waals surface area (Å²) in [6.45, 7) is 3.85. The van der Waals surface area contributed by atoms with Crippen LogP contribution in [-0.4, -0.2) is 26.9 Å². The molecule has 13 heavy (non-hydrogen) atoms. The van der Waals surface area contributed by atoms with E-state index in [4.69, 9.17) is 16.7 Å². The van der Waals surface area contributed by atoms with Crippen molar-refractivity contribution in [3.8, 4) is 0 Å². The number of hydrogen-bond acceptors (Lipinski definition) is 4. The molecule has 3 nitrogen and oxygen atoms in total. The van der Waals surface area contributed by atoms with Crippen molar-refractivity contribution in [1.29, 1.82) is 0 Å². The highest BCUT2D eigenvalue weighted by atomic mass is 35.5. The van der Waals surface area contributed by atoms with Crippen molar-refractivity contribution in [2.45, 2.75) is 24.1 Å². The van der Waals surface area contributed by atoms with E-state index in [1.165, 1.54) is 11.8 Å². The van der Waals surface area contributed by atoms with E-state index in [-0.39, 0.29) is 11.9 Å². The predicted molar refractivity (Wildman–Crippen MR) is 54.2 cm³/mol. The molecule has 0 aromatic carbocycles. The second kappa shape index (κ2) is 4.79. The third-order valence-electron chi connectivity index (χ3n) is 1.36. The first kappa shape index (κ1) is 10.8. The molecule has 1 aromatic rings. The topological polar surface area (TPSA) is 46.0 Å². The van der Waals surface area contributed by atoms with Gasteiger partial charge in [-0.15, -0.1) is 11.8 Å². The van der Waals surface area contributed by atoms with E-state index in [0.29, 0.717) is 11.0 Å². The number of aryl methyl sites for hydroxylation is 1. The number of thioether (sulfide) groups is 1. The first-order valence-electron chi connectivity index (χ1n) is 3.90. The lowest BCUT2D eigenvalue weighted by Gasteiger charge is -2.06. The summed E-state index contributed by atoms with van der Waals surface area (Å²) in [4.78, 5) is 8.12. The standard InChI is InChI=1S/C8H11ClN2OS/c1-5(4-12)13-8-3-7(9)10-6(2)11-8/h3,5,12H,4H2,1-2H3/t5-/m0/s1. The zero-order valence-corrected chi connectivity index (χ0v) is 9.06. The summed E-state index contributed by atoms with van der Waals surface area (Å²) in [5.74, 6) is 0.653. The molecule has 1 heterocycles. The van der Waals surface area contributed by atoms with Crippen molar-refractivity contribution in [2.75, 3.05) is 6.61 Å². The van der Waals surface area contributed by atoms with Crippen LogP contribution in [0.5, 0.6) is 0 Å². The summed E-state index contributed by atoms with van der Waals surface area (Å²) in [6.07, 6.45) is 0. The highest BCUT2D eigenvalue weighted by Gasteiger charge is 2.05. The third kappa shape index (κ3) is 3.50. The van der Waals surface area contributed by atoms with Crippen LogP contribution in [-0.2, 0) is 0 Å². The van der Waals surface area contributed by atoms with Gasteiger partial charge in [0.15, 0.2) is 0 Å². The van der Waals surface area contributed by atoms with Gasteiger partial charge >= 0.3 is 0 Å². The maximum atomic E-state index is 8.84. The number of aliphatic hydroxyl groups excluding tert-OH is 1. The minimum atomic E-state index is 0.130. The Balaban J connectivity index is 2.77. The van der Waals surface area contributed by atoms with E-state index in [1.54, 1.807) is 13.0 Å². The summed E-state index contributed by atoms with van der Waals surface area (Å²) in [5, 5.41) is 10.2. The average Bonchev–Trinajstić information content (AvgIpc) is 2.02. The van der Waals surface area contributed by atoms with Crippen molar-refractivity contribution >= 4 is 23.4 Å². The molecule has 1 N–H and O–H groups in total. The Bertz CT molecular complexity index is 275. The van der Waals surface area contributed by atoms with E-state index >= 15 is 0 Å². The molecule has 5 heteroatoms. The number of nitrogens with zero attached hydrogens (tertiary/aromatic N) is 2. The molecular weight excluding hydrogens is 208 g/mol. The van der Waals surface area contributed by atoms with Gasteiger partial charge in [-0.3, -0.25) is 0 Å². The van der Waals surface area contributed by atoms with Crippen molar-refractivity contribution in [2.24, 2.45) is 0 Å². The van der Waals surface area contributed by atoms with Crippen LogP contribution in [0.3, 0.4) is 0 Å². The lowest BCUT2D eigenvalue weighted by Crippen LogP contribution is -2.03. The maximum Gasteiger partial charge on any atom is 0.133 e. The Labute approximate surface area is 86.6 Å². The fourth-order valence-corrected chi connectivity index (χ4v) is 1.95. The van der Waals surface area contributed by atoms with E-state index < -0.39 is 0 Å². The van der Waals surface area contributed by atoms with Crippen molar-refractivity contribution in [3.63, 3.8) is 0 Å². The van der Waals surface area contributed by atoms with Gasteiger partial charge in [-0.2, -0.15) is 0 Å². The molecule has 72 valence electrons. The highest BCUT2D eigenvalue weighted by Crippen LogP contribution is 2.22. The van der Waals surface area contributed by atoms with E-state index in [0.717, 1.165) is 5.03 Å². The van der Waals surface area contributed by atoms with Crippen LogP contribution in [0.2, 0.25) is 5.15 Å². The van der Waals surface area contributed by atoms with Crippen LogP contribution >= 0.6 is 23.4 Å². The summed E-state index contributed by atoms with van der Waals surface area (Å²) in [6, 6.07) is 1.70. The largest absolute Gasteiger partial charge is 0.395 e. The fourth-order valence-electron chi connectivity index (χ4n) is 0.809. The minimum Gasteiger partial charge on any atom is -0.395 e. The predicted octanol–water partition coefficient (Wildman–Crippen LogP) is 1.91. The molecule has 0 aliphatic rings. The molecule has 1 atom stereocenters. The number of hydrogen-bond donors (Lipinski definition) is 1.